The van der Waals surface area contributed by atoms with Crippen molar-refractivity contribution in [3.8, 4) is 11.5 Å². The van der Waals surface area contributed by atoms with Gasteiger partial charge in [-0.2, -0.15) is 4.99 Å². The second-order valence-corrected chi connectivity index (χ2v) is 8.73. The summed E-state index contributed by atoms with van der Waals surface area (Å²) >= 11 is 0. The third-order valence-electron chi connectivity index (χ3n) is 6.01. The van der Waals surface area contributed by atoms with E-state index in [-0.39, 0.29) is 23.4 Å². The summed E-state index contributed by atoms with van der Waals surface area (Å²) in [6.45, 7) is 1.95. The SMILES string of the molecule is Cc1cncc(CCC2CCc3c(n(C)c(=O)n(C)c3=O)N=C2Oc2cccc(OC(F)(F)F)c2)c1. The number of nitrogens with zero attached hydrogens (tertiary/aromatic N) is 4. The Kier molecular flexibility index (Phi) is 7.00. The van der Waals surface area contributed by atoms with Crippen molar-refractivity contribution in [3.63, 3.8) is 0 Å². The van der Waals surface area contributed by atoms with Gasteiger partial charge in [0.1, 0.15) is 17.3 Å². The van der Waals surface area contributed by atoms with Crippen molar-refractivity contribution in [2.75, 3.05) is 0 Å². The lowest BCUT2D eigenvalue weighted by Crippen LogP contribution is -2.38. The quantitative estimate of drug-likeness (QED) is 0.527. The molecule has 0 spiro atoms. The van der Waals surface area contributed by atoms with Crippen LogP contribution in [-0.4, -0.2) is 26.4 Å². The lowest BCUT2D eigenvalue weighted by Gasteiger charge is -2.18. The first-order valence-electron chi connectivity index (χ1n) is 11.3. The first-order chi connectivity index (χ1) is 17.0. The highest BCUT2D eigenvalue weighted by molar-refractivity contribution is 5.84. The Bertz CT molecular complexity index is 1430. The molecular formula is C25H25F3N4O4. The van der Waals surface area contributed by atoms with Gasteiger partial charge in [-0.15, -0.1) is 13.2 Å². The van der Waals surface area contributed by atoms with Gasteiger partial charge in [0.2, 0.25) is 0 Å². The number of aromatic nitrogens is 3. The van der Waals surface area contributed by atoms with Gasteiger partial charge in [0, 0.05) is 38.5 Å². The fraction of sp³-hybridized carbons (Fsp3) is 0.360. The summed E-state index contributed by atoms with van der Waals surface area (Å²) in [5, 5.41) is 0. The third-order valence-corrected chi connectivity index (χ3v) is 6.01. The number of aliphatic imine (C=N–C) groups is 1. The lowest BCUT2D eigenvalue weighted by atomic mass is 9.94. The zero-order valence-electron chi connectivity index (χ0n) is 20.0. The van der Waals surface area contributed by atoms with E-state index in [2.05, 4.69) is 14.7 Å². The fourth-order valence-electron chi connectivity index (χ4n) is 4.23. The van der Waals surface area contributed by atoms with Gasteiger partial charge in [-0.05, 0) is 55.9 Å². The van der Waals surface area contributed by atoms with Gasteiger partial charge in [0.25, 0.3) is 5.56 Å². The van der Waals surface area contributed by atoms with Crippen molar-refractivity contribution in [1.29, 1.82) is 0 Å². The van der Waals surface area contributed by atoms with Crippen LogP contribution < -0.4 is 20.7 Å². The van der Waals surface area contributed by atoms with Gasteiger partial charge in [-0.25, -0.2) is 4.79 Å². The second-order valence-electron chi connectivity index (χ2n) is 8.73. The van der Waals surface area contributed by atoms with E-state index in [0.717, 1.165) is 21.8 Å². The molecule has 0 fully saturated rings. The molecule has 2 aromatic heterocycles. The average Bonchev–Trinajstić information content (AvgIpc) is 2.99. The molecule has 1 aliphatic heterocycles. The molecule has 1 atom stereocenters. The number of pyridine rings is 1. The summed E-state index contributed by atoms with van der Waals surface area (Å²) in [6.07, 6.45) is 0.774. The standard InChI is InChI=1S/C25H25F3N4O4/c1-15-11-16(14-29-13-15)7-8-17-9-10-20-21(31(2)24(34)32(3)23(20)33)30-22(17)35-18-5-4-6-19(12-18)36-25(26,27)28/h4-6,11-14,17H,7-10H2,1-3H3. The number of halogens is 3. The minimum atomic E-state index is -4.85. The molecule has 11 heteroatoms. The molecule has 1 aliphatic rings. The Labute approximate surface area is 204 Å². The van der Waals surface area contributed by atoms with E-state index < -0.39 is 23.4 Å². The highest BCUT2D eigenvalue weighted by Gasteiger charge is 2.31. The van der Waals surface area contributed by atoms with Crippen LogP contribution >= 0.6 is 0 Å². The number of hydrogen-bond acceptors (Lipinski definition) is 6. The summed E-state index contributed by atoms with van der Waals surface area (Å²) in [6, 6.07) is 7.17. The maximum atomic E-state index is 12.8. The van der Waals surface area contributed by atoms with Crippen LogP contribution in [-0.2, 0) is 26.9 Å². The van der Waals surface area contributed by atoms with Gasteiger partial charge >= 0.3 is 12.1 Å². The van der Waals surface area contributed by atoms with Crippen molar-refractivity contribution in [2.45, 2.75) is 39.0 Å². The van der Waals surface area contributed by atoms with Gasteiger partial charge < -0.3 is 9.47 Å². The van der Waals surface area contributed by atoms with Gasteiger partial charge in [0.05, 0.1) is 5.56 Å². The molecule has 8 nitrogen and oxygen atoms in total. The molecule has 190 valence electrons. The Morgan fingerprint density at radius 2 is 1.83 bits per heavy atom. The topological polar surface area (TPSA) is 87.7 Å². The molecule has 0 N–H and O–H groups in total. The number of alkyl halides is 3. The summed E-state index contributed by atoms with van der Waals surface area (Å²) < 4.78 is 50.4. The Morgan fingerprint density at radius 1 is 1.08 bits per heavy atom. The van der Waals surface area contributed by atoms with Gasteiger partial charge in [-0.1, -0.05) is 12.1 Å². The molecule has 1 unspecified atom stereocenters. The smallest absolute Gasteiger partial charge is 0.442 e. The van der Waals surface area contributed by atoms with E-state index in [4.69, 9.17) is 4.74 Å². The second kappa shape index (κ2) is 10.00. The number of aryl methyl sites for hydroxylation is 2. The Balaban J connectivity index is 1.72. The summed E-state index contributed by atoms with van der Waals surface area (Å²) in [4.78, 5) is 34.1. The van der Waals surface area contributed by atoms with Crippen LogP contribution in [0.5, 0.6) is 11.5 Å². The molecule has 0 aliphatic carbocycles. The lowest BCUT2D eigenvalue weighted by molar-refractivity contribution is -0.274. The molecule has 1 aromatic carbocycles. The number of hydrogen-bond donors (Lipinski definition) is 0. The number of benzene rings is 1. The highest BCUT2D eigenvalue weighted by atomic mass is 19.4. The molecule has 0 bridgehead atoms. The molecule has 0 radical (unpaired) electrons. The molecule has 0 saturated heterocycles. The molecular weight excluding hydrogens is 477 g/mol. The zero-order chi connectivity index (χ0) is 26.0. The van der Waals surface area contributed by atoms with Gasteiger partial charge in [0.15, 0.2) is 5.90 Å². The number of fused-ring (bicyclic) bond motifs is 1. The van der Waals surface area contributed by atoms with Crippen molar-refractivity contribution < 1.29 is 22.6 Å². The van der Waals surface area contributed by atoms with Crippen LogP contribution in [0.3, 0.4) is 0 Å². The molecule has 3 heterocycles. The van der Waals surface area contributed by atoms with Crippen molar-refractivity contribution in [1.82, 2.24) is 14.1 Å². The predicted molar refractivity (Wildman–Crippen MR) is 127 cm³/mol. The molecule has 0 saturated carbocycles. The van der Waals surface area contributed by atoms with Crippen molar-refractivity contribution in [3.05, 3.63) is 80.3 Å². The zero-order valence-corrected chi connectivity index (χ0v) is 20.0. The molecule has 36 heavy (non-hydrogen) atoms. The largest absolute Gasteiger partial charge is 0.573 e. The van der Waals surface area contributed by atoms with Crippen LogP contribution in [0.1, 0.15) is 29.5 Å². The van der Waals surface area contributed by atoms with Crippen molar-refractivity contribution in [2.24, 2.45) is 25.0 Å². The molecule has 3 aromatic rings. The van der Waals surface area contributed by atoms with Crippen LogP contribution in [0.2, 0.25) is 0 Å². The minimum Gasteiger partial charge on any atom is -0.442 e. The van der Waals surface area contributed by atoms with E-state index in [1.54, 1.807) is 12.4 Å². The maximum Gasteiger partial charge on any atom is 0.573 e. The van der Waals surface area contributed by atoms with E-state index in [0.29, 0.717) is 31.2 Å². The van der Waals surface area contributed by atoms with Crippen LogP contribution in [0.25, 0.3) is 0 Å². The monoisotopic (exact) mass is 502 g/mol. The minimum absolute atomic E-state index is 0.0926. The normalized spacial score (nSPS) is 15.6. The summed E-state index contributed by atoms with van der Waals surface area (Å²) in [5.41, 5.74) is 1.45. The fourth-order valence-corrected chi connectivity index (χ4v) is 4.23. The molecule has 0 amide bonds. The summed E-state index contributed by atoms with van der Waals surface area (Å²) in [7, 11) is 2.92. The molecule has 4 rings (SSSR count). The van der Waals surface area contributed by atoms with Crippen LogP contribution in [0.15, 0.2) is 57.3 Å². The van der Waals surface area contributed by atoms with Crippen LogP contribution in [0, 0.1) is 12.8 Å². The van der Waals surface area contributed by atoms with Gasteiger partial charge in [-0.3, -0.25) is 18.9 Å². The number of rotatable bonds is 5. The van der Waals surface area contributed by atoms with Crippen LogP contribution in [0.4, 0.5) is 19.0 Å². The first kappa shape index (κ1) is 25.2. The number of ether oxygens (including phenoxy) is 2. The van der Waals surface area contributed by atoms with E-state index in [9.17, 15) is 22.8 Å². The maximum absolute atomic E-state index is 12.8. The first-order valence-corrected chi connectivity index (χ1v) is 11.3. The predicted octanol–water partition coefficient (Wildman–Crippen LogP) is 3.99. The Hall–Kier alpha value is -3.89. The Morgan fingerprint density at radius 3 is 2.56 bits per heavy atom. The highest BCUT2D eigenvalue weighted by Crippen LogP contribution is 2.31. The van der Waals surface area contributed by atoms with E-state index in [1.165, 1.54) is 36.9 Å². The summed E-state index contributed by atoms with van der Waals surface area (Å²) in [5.74, 6) is -0.222. The van der Waals surface area contributed by atoms with E-state index in [1.807, 2.05) is 13.0 Å². The third kappa shape index (κ3) is 5.67. The van der Waals surface area contributed by atoms with Crippen molar-refractivity contribution >= 4 is 11.7 Å². The average molecular weight is 502 g/mol. The van der Waals surface area contributed by atoms with E-state index >= 15 is 0 Å².